The number of ketones is 1. The van der Waals surface area contributed by atoms with Gasteiger partial charge in [0.25, 0.3) is 0 Å². The molecule has 0 aliphatic rings. The summed E-state index contributed by atoms with van der Waals surface area (Å²) in [7, 11) is 0. The molecule has 31 heavy (non-hydrogen) atoms. The van der Waals surface area contributed by atoms with Crippen LogP contribution in [0.25, 0.3) is 22.3 Å². The quantitative estimate of drug-likeness (QED) is 0.185. The number of nitrogens with zero attached hydrogens (tertiary/aromatic N) is 2. The van der Waals surface area contributed by atoms with Crippen LogP contribution in [0.3, 0.4) is 0 Å². The van der Waals surface area contributed by atoms with Crippen molar-refractivity contribution in [3.63, 3.8) is 0 Å². The number of hydrogen-bond acceptors (Lipinski definition) is 5. The standard InChI is InChI=1S/C24H17BrN2O3S/c25-19-11-8-17(9-12-19)21(28)16-30-23(29)13-10-18-15-27(20-5-2-1-3-6-20)26-24(18)22-7-4-14-31-22/h1-15H,16H2. The average Bonchev–Trinajstić information content (AvgIpc) is 3.47. The summed E-state index contributed by atoms with van der Waals surface area (Å²) >= 11 is 4.90. The maximum absolute atomic E-state index is 12.2. The first kappa shape index (κ1) is 21.0. The molecule has 0 radical (unpaired) electrons. The minimum atomic E-state index is -0.588. The highest BCUT2D eigenvalue weighted by atomic mass is 79.9. The number of benzene rings is 2. The van der Waals surface area contributed by atoms with E-state index in [-0.39, 0.29) is 12.4 Å². The van der Waals surface area contributed by atoms with Crippen LogP contribution in [0.2, 0.25) is 0 Å². The largest absolute Gasteiger partial charge is 0.454 e. The van der Waals surface area contributed by atoms with E-state index in [1.807, 2.05) is 54.0 Å². The van der Waals surface area contributed by atoms with Crippen LogP contribution in [0.15, 0.2) is 88.9 Å². The molecule has 0 atom stereocenters. The molecule has 0 aliphatic heterocycles. The molecule has 154 valence electrons. The van der Waals surface area contributed by atoms with Crippen LogP contribution in [0.1, 0.15) is 15.9 Å². The van der Waals surface area contributed by atoms with E-state index in [0.717, 1.165) is 26.3 Å². The second kappa shape index (κ2) is 9.68. The zero-order valence-corrected chi connectivity index (χ0v) is 18.7. The lowest BCUT2D eigenvalue weighted by molar-refractivity contribution is -0.136. The molecule has 0 amide bonds. The zero-order valence-electron chi connectivity index (χ0n) is 16.3. The number of halogens is 1. The number of hydrogen-bond donors (Lipinski definition) is 0. The molecular formula is C24H17BrN2O3S. The highest BCUT2D eigenvalue weighted by molar-refractivity contribution is 9.10. The van der Waals surface area contributed by atoms with Gasteiger partial charge in [-0.05, 0) is 41.8 Å². The van der Waals surface area contributed by atoms with Gasteiger partial charge in [0, 0.05) is 27.9 Å². The number of Topliss-reactive ketones (excluding diaryl/α,β-unsaturated/α-hetero) is 1. The minimum absolute atomic E-state index is 0.259. The van der Waals surface area contributed by atoms with Crippen molar-refractivity contribution in [1.29, 1.82) is 0 Å². The molecule has 0 spiro atoms. The lowest BCUT2D eigenvalue weighted by Crippen LogP contribution is -2.12. The number of para-hydroxylation sites is 1. The first-order chi connectivity index (χ1) is 15.1. The van der Waals surface area contributed by atoms with Gasteiger partial charge in [-0.3, -0.25) is 4.79 Å². The van der Waals surface area contributed by atoms with E-state index in [1.165, 1.54) is 6.08 Å². The Labute approximate surface area is 191 Å². The van der Waals surface area contributed by atoms with Crippen LogP contribution in [-0.4, -0.2) is 28.1 Å². The molecule has 0 saturated heterocycles. The Balaban J connectivity index is 1.48. The Hall–Kier alpha value is -3.29. The Morgan fingerprint density at radius 2 is 1.81 bits per heavy atom. The van der Waals surface area contributed by atoms with Crippen LogP contribution in [0.4, 0.5) is 0 Å². The lowest BCUT2D eigenvalue weighted by atomic mass is 10.1. The second-order valence-corrected chi connectivity index (χ2v) is 8.42. The SMILES string of the molecule is O=C(C=Cc1cn(-c2ccccc2)nc1-c1cccs1)OCC(=O)c1ccc(Br)cc1. The third kappa shape index (κ3) is 5.25. The van der Waals surface area contributed by atoms with Crippen molar-refractivity contribution in [3.8, 4) is 16.3 Å². The molecular weight excluding hydrogens is 476 g/mol. The van der Waals surface area contributed by atoms with Gasteiger partial charge in [-0.25, -0.2) is 9.48 Å². The summed E-state index contributed by atoms with van der Waals surface area (Å²) in [6.07, 6.45) is 4.84. The lowest BCUT2D eigenvalue weighted by Gasteiger charge is -2.02. The first-order valence-corrected chi connectivity index (χ1v) is 11.1. The predicted octanol–water partition coefficient (Wildman–Crippen LogP) is 5.80. The fraction of sp³-hybridized carbons (Fsp3) is 0.0417. The molecule has 0 saturated carbocycles. The summed E-state index contributed by atoms with van der Waals surface area (Å²) < 4.78 is 7.77. The van der Waals surface area contributed by atoms with Crippen molar-refractivity contribution in [1.82, 2.24) is 9.78 Å². The molecule has 4 aromatic rings. The third-order valence-electron chi connectivity index (χ3n) is 4.43. The first-order valence-electron chi connectivity index (χ1n) is 9.43. The number of esters is 1. The van der Waals surface area contributed by atoms with Crippen LogP contribution in [0, 0.1) is 0 Å². The van der Waals surface area contributed by atoms with Crippen LogP contribution in [-0.2, 0) is 9.53 Å². The van der Waals surface area contributed by atoms with Gasteiger partial charge in [0.2, 0.25) is 0 Å². The van der Waals surface area contributed by atoms with E-state index >= 15 is 0 Å². The number of thiophene rings is 1. The highest BCUT2D eigenvalue weighted by Gasteiger charge is 2.13. The summed E-state index contributed by atoms with van der Waals surface area (Å²) in [6, 6.07) is 20.6. The van der Waals surface area contributed by atoms with Gasteiger partial charge in [-0.1, -0.05) is 52.3 Å². The zero-order chi connectivity index (χ0) is 21.6. The third-order valence-corrected chi connectivity index (χ3v) is 5.83. The molecule has 4 rings (SSSR count). The predicted molar refractivity (Wildman–Crippen MR) is 125 cm³/mol. The Morgan fingerprint density at radius 1 is 1.03 bits per heavy atom. The minimum Gasteiger partial charge on any atom is -0.454 e. The number of ether oxygens (including phenoxy) is 1. The van der Waals surface area contributed by atoms with Gasteiger partial charge in [-0.15, -0.1) is 11.3 Å². The summed E-state index contributed by atoms with van der Waals surface area (Å²) in [6.45, 7) is -0.314. The van der Waals surface area contributed by atoms with E-state index in [0.29, 0.717) is 5.56 Å². The molecule has 2 heterocycles. The van der Waals surface area contributed by atoms with Gasteiger partial charge in [-0.2, -0.15) is 5.10 Å². The summed E-state index contributed by atoms with van der Waals surface area (Å²) in [5.74, 6) is -0.847. The normalized spacial score (nSPS) is 11.0. The molecule has 7 heteroatoms. The topological polar surface area (TPSA) is 61.2 Å². The van der Waals surface area contributed by atoms with Gasteiger partial charge < -0.3 is 4.74 Å². The molecule has 0 bridgehead atoms. The van der Waals surface area contributed by atoms with Gasteiger partial charge >= 0.3 is 5.97 Å². The van der Waals surface area contributed by atoms with Crippen molar-refractivity contribution in [3.05, 3.63) is 100.0 Å². The fourth-order valence-corrected chi connectivity index (χ4v) is 3.88. The molecule has 0 N–H and O–H groups in total. The van der Waals surface area contributed by atoms with Gasteiger partial charge in [0.15, 0.2) is 12.4 Å². The number of rotatable bonds is 7. The molecule has 0 unspecified atom stereocenters. The molecule has 0 fully saturated rings. The van der Waals surface area contributed by atoms with Crippen LogP contribution >= 0.6 is 27.3 Å². The average molecular weight is 493 g/mol. The molecule has 0 aliphatic carbocycles. The fourth-order valence-electron chi connectivity index (χ4n) is 2.89. The smallest absolute Gasteiger partial charge is 0.331 e. The molecule has 2 aromatic carbocycles. The molecule has 5 nitrogen and oxygen atoms in total. The maximum atomic E-state index is 12.2. The van der Waals surface area contributed by atoms with Crippen molar-refractivity contribution in [2.45, 2.75) is 0 Å². The summed E-state index contributed by atoms with van der Waals surface area (Å²) in [5.41, 5.74) is 2.96. The maximum Gasteiger partial charge on any atom is 0.331 e. The second-order valence-electron chi connectivity index (χ2n) is 6.56. The Bertz CT molecular complexity index is 1210. The number of aromatic nitrogens is 2. The monoisotopic (exact) mass is 492 g/mol. The highest BCUT2D eigenvalue weighted by Crippen LogP contribution is 2.28. The van der Waals surface area contributed by atoms with E-state index in [4.69, 9.17) is 4.74 Å². The van der Waals surface area contributed by atoms with E-state index in [9.17, 15) is 9.59 Å². The van der Waals surface area contributed by atoms with Crippen molar-refractivity contribution >= 4 is 45.1 Å². The number of carbonyl (C=O) groups excluding carboxylic acids is 2. The van der Waals surface area contributed by atoms with Gasteiger partial charge in [0.1, 0.15) is 5.69 Å². The van der Waals surface area contributed by atoms with E-state index in [2.05, 4.69) is 21.0 Å². The summed E-state index contributed by atoms with van der Waals surface area (Å²) in [5, 5.41) is 6.67. The van der Waals surface area contributed by atoms with Crippen LogP contribution < -0.4 is 0 Å². The van der Waals surface area contributed by atoms with Gasteiger partial charge in [0.05, 0.1) is 10.6 Å². The van der Waals surface area contributed by atoms with Crippen molar-refractivity contribution in [2.24, 2.45) is 0 Å². The molecule has 2 aromatic heterocycles. The Kier molecular flexibility index (Phi) is 6.54. The van der Waals surface area contributed by atoms with E-state index in [1.54, 1.807) is 46.4 Å². The van der Waals surface area contributed by atoms with Crippen molar-refractivity contribution < 1.29 is 14.3 Å². The van der Waals surface area contributed by atoms with Crippen molar-refractivity contribution in [2.75, 3.05) is 6.61 Å². The van der Waals surface area contributed by atoms with E-state index < -0.39 is 5.97 Å². The summed E-state index contributed by atoms with van der Waals surface area (Å²) in [4.78, 5) is 25.4. The van der Waals surface area contributed by atoms with Crippen LogP contribution in [0.5, 0.6) is 0 Å². The number of carbonyl (C=O) groups is 2. The Morgan fingerprint density at radius 3 is 2.52 bits per heavy atom.